The summed E-state index contributed by atoms with van der Waals surface area (Å²) in [5, 5.41) is 8.28. The van der Waals surface area contributed by atoms with Crippen LogP contribution in [-0.2, 0) is 0 Å². The van der Waals surface area contributed by atoms with Gasteiger partial charge in [-0.05, 0) is 38.0 Å². The van der Waals surface area contributed by atoms with Crippen LogP contribution >= 0.6 is 11.9 Å². The van der Waals surface area contributed by atoms with Crippen molar-refractivity contribution in [1.29, 1.82) is 0 Å². The third-order valence-electron chi connectivity index (χ3n) is 2.56. The Balaban J connectivity index is 1.92. The number of H-pyrrole nitrogens is 1. The zero-order chi connectivity index (χ0) is 12.1. The first kappa shape index (κ1) is 12.2. The minimum absolute atomic E-state index is 0.221. The molecule has 0 fully saturated rings. The van der Waals surface area contributed by atoms with Crippen LogP contribution in [0.4, 0.5) is 10.1 Å². The predicted molar refractivity (Wildman–Crippen MR) is 72.1 cm³/mol. The second-order valence-corrected chi connectivity index (χ2v) is 4.83. The van der Waals surface area contributed by atoms with Gasteiger partial charge in [-0.2, -0.15) is 5.10 Å². The fourth-order valence-electron chi connectivity index (χ4n) is 1.60. The number of anilines is 1. The second kappa shape index (κ2) is 5.91. The van der Waals surface area contributed by atoms with E-state index in [0.29, 0.717) is 6.42 Å². The number of alkyl halides is 1. The van der Waals surface area contributed by atoms with E-state index >= 15 is 0 Å². The monoisotopic (exact) mass is 253 g/mol. The molecule has 17 heavy (non-hydrogen) atoms. The molecular weight excluding hydrogens is 237 g/mol. The van der Waals surface area contributed by atoms with Gasteiger partial charge in [0.15, 0.2) is 0 Å². The first-order valence-electron chi connectivity index (χ1n) is 5.70. The van der Waals surface area contributed by atoms with E-state index in [4.69, 9.17) is 0 Å². The Kier molecular flexibility index (Phi) is 4.25. The van der Waals surface area contributed by atoms with Crippen LogP contribution in [-0.4, -0.2) is 22.6 Å². The normalized spacial score (nSPS) is 10.9. The van der Waals surface area contributed by atoms with Crippen LogP contribution in [0.5, 0.6) is 0 Å². The summed E-state index contributed by atoms with van der Waals surface area (Å²) in [5.74, 6) is 0.923. The van der Waals surface area contributed by atoms with E-state index in [9.17, 15) is 4.39 Å². The highest BCUT2D eigenvalue weighted by molar-refractivity contribution is 8.00. The molecule has 0 aliphatic carbocycles. The molecule has 1 aromatic heterocycles. The number of aromatic nitrogens is 2. The Hall–Kier alpha value is -1.23. The van der Waals surface area contributed by atoms with Crippen LogP contribution < -0.4 is 4.72 Å². The maximum Gasteiger partial charge on any atom is 0.0925 e. The number of benzene rings is 1. The highest BCUT2D eigenvalue weighted by Crippen LogP contribution is 2.22. The molecule has 0 spiro atoms. The molecule has 0 aliphatic heterocycles. The maximum absolute atomic E-state index is 11.9. The lowest BCUT2D eigenvalue weighted by Crippen LogP contribution is -1.90. The summed E-state index contributed by atoms with van der Waals surface area (Å²) in [6.45, 7) is 1.79. The van der Waals surface area contributed by atoms with Crippen molar-refractivity contribution in [2.75, 3.05) is 17.1 Å². The molecule has 0 unspecified atom stereocenters. The highest BCUT2D eigenvalue weighted by Gasteiger charge is 2.02. The highest BCUT2D eigenvalue weighted by atomic mass is 32.2. The van der Waals surface area contributed by atoms with Crippen LogP contribution in [0, 0.1) is 6.92 Å². The summed E-state index contributed by atoms with van der Waals surface area (Å²) in [6.07, 6.45) is 1.55. The topological polar surface area (TPSA) is 40.7 Å². The van der Waals surface area contributed by atoms with Gasteiger partial charge < -0.3 is 4.72 Å². The largest absolute Gasteiger partial charge is 0.330 e. The van der Waals surface area contributed by atoms with Crippen molar-refractivity contribution >= 4 is 28.5 Å². The number of nitrogens with one attached hydrogen (secondary N) is 2. The summed E-state index contributed by atoms with van der Waals surface area (Å²) in [4.78, 5) is 0. The zero-order valence-corrected chi connectivity index (χ0v) is 10.6. The van der Waals surface area contributed by atoms with Crippen molar-refractivity contribution in [2.45, 2.75) is 19.8 Å². The van der Waals surface area contributed by atoms with Crippen LogP contribution in [0.25, 0.3) is 10.9 Å². The molecular formula is C12H16FN3S. The number of rotatable bonds is 6. The van der Waals surface area contributed by atoms with Crippen molar-refractivity contribution in [2.24, 2.45) is 0 Å². The second-order valence-electron chi connectivity index (χ2n) is 3.93. The Morgan fingerprint density at radius 3 is 3.12 bits per heavy atom. The molecule has 5 heteroatoms. The molecule has 1 heterocycles. The van der Waals surface area contributed by atoms with Gasteiger partial charge in [0.1, 0.15) is 0 Å². The molecule has 0 amide bonds. The molecule has 92 valence electrons. The minimum atomic E-state index is -0.221. The molecule has 0 aliphatic rings. The molecule has 2 rings (SSSR count). The maximum atomic E-state index is 11.9. The van der Waals surface area contributed by atoms with Crippen LogP contribution in [0.15, 0.2) is 18.2 Å². The van der Waals surface area contributed by atoms with Crippen molar-refractivity contribution in [3.05, 3.63) is 23.9 Å². The Labute approximate surface area is 104 Å². The summed E-state index contributed by atoms with van der Waals surface area (Å²) >= 11 is 1.62. The molecule has 0 bridgehead atoms. The van der Waals surface area contributed by atoms with Gasteiger partial charge in [0.2, 0.25) is 0 Å². The molecule has 1 aromatic carbocycles. The summed E-state index contributed by atoms with van der Waals surface area (Å²) < 4.78 is 15.2. The first-order valence-corrected chi connectivity index (χ1v) is 6.68. The smallest absolute Gasteiger partial charge is 0.0925 e. The number of nitrogens with zero attached hydrogens (tertiary/aromatic N) is 1. The molecule has 2 aromatic rings. The van der Waals surface area contributed by atoms with Crippen LogP contribution in [0.3, 0.4) is 0 Å². The zero-order valence-electron chi connectivity index (χ0n) is 9.79. The molecule has 0 saturated heterocycles. The molecule has 0 radical (unpaired) electrons. The lowest BCUT2D eigenvalue weighted by Gasteiger charge is -2.04. The number of aryl methyl sites for hydroxylation is 1. The number of hydrogen-bond acceptors (Lipinski definition) is 3. The Morgan fingerprint density at radius 1 is 1.41 bits per heavy atom. The fourth-order valence-corrected chi connectivity index (χ4v) is 2.35. The van der Waals surface area contributed by atoms with Gasteiger partial charge in [0, 0.05) is 22.5 Å². The Morgan fingerprint density at radius 2 is 2.29 bits per heavy atom. The standard InChI is InChI=1S/C12H16FN3S/c1-9-11-8-10(4-5-12(11)15-14-9)16-17-7-3-2-6-13/h4-5,8,16H,2-3,6-7H2,1H3,(H,14,15). The minimum Gasteiger partial charge on any atom is -0.330 e. The molecule has 3 nitrogen and oxygen atoms in total. The molecule has 2 N–H and O–H groups in total. The van der Waals surface area contributed by atoms with Gasteiger partial charge in [-0.25, -0.2) is 0 Å². The number of fused-ring (bicyclic) bond motifs is 1. The van der Waals surface area contributed by atoms with E-state index in [1.54, 1.807) is 11.9 Å². The lowest BCUT2D eigenvalue weighted by atomic mass is 10.2. The van der Waals surface area contributed by atoms with Crippen LogP contribution in [0.1, 0.15) is 18.5 Å². The summed E-state index contributed by atoms with van der Waals surface area (Å²) in [6, 6.07) is 6.07. The quantitative estimate of drug-likeness (QED) is 0.609. The van der Waals surface area contributed by atoms with E-state index in [1.165, 1.54) is 0 Å². The van der Waals surface area contributed by atoms with Crippen LogP contribution in [0.2, 0.25) is 0 Å². The van der Waals surface area contributed by atoms with Gasteiger partial charge in [-0.15, -0.1) is 0 Å². The van der Waals surface area contributed by atoms with Crippen molar-refractivity contribution in [1.82, 2.24) is 10.2 Å². The summed E-state index contributed by atoms with van der Waals surface area (Å²) in [7, 11) is 0. The average molecular weight is 253 g/mol. The molecule has 0 saturated carbocycles. The van der Waals surface area contributed by atoms with E-state index in [-0.39, 0.29) is 6.67 Å². The van der Waals surface area contributed by atoms with Crippen molar-refractivity contribution in [3.8, 4) is 0 Å². The number of halogens is 1. The van der Waals surface area contributed by atoms with Gasteiger partial charge in [-0.3, -0.25) is 9.49 Å². The molecule has 0 atom stereocenters. The predicted octanol–water partition coefficient (Wildman–Crippen LogP) is 3.68. The van der Waals surface area contributed by atoms with Gasteiger partial charge in [-0.1, -0.05) is 11.9 Å². The van der Waals surface area contributed by atoms with E-state index in [1.807, 2.05) is 19.1 Å². The van der Waals surface area contributed by atoms with Gasteiger partial charge in [0.05, 0.1) is 12.2 Å². The average Bonchev–Trinajstić information content (AvgIpc) is 2.71. The number of unbranched alkanes of at least 4 members (excludes halogenated alkanes) is 1. The van der Waals surface area contributed by atoms with E-state index in [0.717, 1.165) is 34.5 Å². The summed E-state index contributed by atoms with van der Waals surface area (Å²) in [5.41, 5.74) is 3.12. The third kappa shape index (κ3) is 3.12. The fraction of sp³-hybridized carbons (Fsp3) is 0.417. The third-order valence-corrected chi connectivity index (χ3v) is 3.44. The number of hydrogen-bond donors (Lipinski definition) is 2. The Bertz CT molecular complexity index is 484. The van der Waals surface area contributed by atoms with Crippen molar-refractivity contribution in [3.63, 3.8) is 0 Å². The van der Waals surface area contributed by atoms with Gasteiger partial charge >= 0.3 is 0 Å². The van der Waals surface area contributed by atoms with Gasteiger partial charge in [0.25, 0.3) is 0 Å². The number of aromatic amines is 1. The van der Waals surface area contributed by atoms with E-state index in [2.05, 4.69) is 21.0 Å². The SMILES string of the molecule is Cc1[nH]nc2ccc(NSCCCCF)cc12. The van der Waals surface area contributed by atoms with E-state index < -0.39 is 0 Å². The van der Waals surface area contributed by atoms with Crippen molar-refractivity contribution < 1.29 is 4.39 Å². The first-order chi connectivity index (χ1) is 8.31. The lowest BCUT2D eigenvalue weighted by molar-refractivity contribution is 0.470.